The number of alkyl halides is 2. The standard InChI is InChI=1S/C35H39F3N4O4/c1-21(2)39-32(43)29(20-24-9-12-25-5-3-4-6-26(25)17-24)41-15-16-42(30(35(41)46)19-23-7-8-23)34(45)28(40-33(44)31(37)38)18-22-10-13-27(36)14-11-22/h3-6,9-14,17,21,23,28-31H,7-8,15-16,18-20H2,1-2H3,(H,39,43)(H,40,44)/t28?,29?,30-/m1/s1. The maximum atomic E-state index is 14.3. The number of piperazine rings is 1. The third kappa shape index (κ3) is 8.05. The van der Waals surface area contributed by atoms with Crippen LogP contribution in [0.25, 0.3) is 10.8 Å². The number of carbonyl (C=O) groups excluding carboxylic acids is 4. The molecule has 3 atom stereocenters. The molecule has 2 fully saturated rings. The topological polar surface area (TPSA) is 98.8 Å². The highest BCUT2D eigenvalue weighted by atomic mass is 19.3. The summed E-state index contributed by atoms with van der Waals surface area (Å²) in [5, 5.41) is 7.14. The molecule has 1 heterocycles. The molecule has 0 radical (unpaired) electrons. The molecule has 1 aliphatic carbocycles. The number of rotatable bonds is 12. The summed E-state index contributed by atoms with van der Waals surface area (Å²) < 4.78 is 40.1. The van der Waals surface area contributed by atoms with Gasteiger partial charge in [0.05, 0.1) is 0 Å². The fraction of sp³-hybridized carbons (Fsp3) is 0.429. The number of hydrogen-bond donors (Lipinski definition) is 2. The number of nitrogens with one attached hydrogen (secondary N) is 2. The van der Waals surface area contributed by atoms with Crippen molar-refractivity contribution in [3.63, 3.8) is 0 Å². The van der Waals surface area contributed by atoms with E-state index in [9.17, 15) is 32.3 Å². The highest BCUT2D eigenvalue weighted by Crippen LogP contribution is 2.36. The summed E-state index contributed by atoms with van der Waals surface area (Å²) in [5.41, 5.74) is 1.33. The average Bonchev–Trinajstić information content (AvgIpc) is 3.85. The fourth-order valence-electron chi connectivity index (χ4n) is 6.08. The summed E-state index contributed by atoms with van der Waals surface area (Å²) in [4.78, 5) is 56.9. The SMILES string of the molecule is CC(C)NC(=O)C(Cc1ccc2ccccc2c1)N1CCN(C(=O)C(Cc2ccc(F)cc2)NC(=O)C(F)F)[C@H](CC2CC2)C1=O. The van der Waals surface area contributed by atoms with Crippen molar-refractivity contribution in [1.29, 1.82) is 0 Å². The second-order valence-electron chi connectivity index (χ2n) is 12.5. The van der Waals surface area contributed by atoms with E-state index in [2.05, 4.69) is 10.6 Å². The summed E-state index contributed by atoms with van der Waals surface area (Å²) in [6, 6.07) is 15.6. The van der Waals surface area contributed by atoms with Crippen molar-refractivity contribution in [1.82, 2.24) is 20.4 Å². The lowest BCUT2D eigenvalue weighted by Crippen LogP contribution is -2.66. The van der Waals surface area contributed by atoms with E-state index in [4.69, 9.17) is 0 Å². The van der Waals surface area contributed by atoms with E-state index < -0.39 is 48.1 Å². The van der Waals surface area contributed by atoms with Crippen molar-refractivity contribution in [2.24, 2.45) is 5.92 Å². The van der Waals surface area contributed by atoms with Crippen LogP contribution in [-0.2, 0) is 32.0 Å². The van der Waals surface area contributed by atoms with Gasteiger partial charge in [-0.05, 0) is 60.2 Å². The van der Waals surface area contributed by atoms with Gasteiger partial charge in [0.2, 0.25) is 17.7 Å². The normalized spacial score (nSPS) is 18.2. The Morgan fingerprint density at radius 2 is 1.52 bits per heavy atom. The molecule has 3 aromatic carbocycles. The average molecular weight is 637 g/mol. The van der Waals surface area contributed by atoms with Gasteiger partial charge in [0.25, 0.3) is 5.91 Å². The van der Waals surface area contributed by atoms with E-state index in [1.807, 2.05) is 56.3 Å². The molecule has 11 heteroatoms. The Bertz CT molecular complexity index is 1580. The lowest BCUT2D eigenvalue weighted by Gasteiger charge is -2.44. The molecule has 8 nitrogen and oxygen atoms in total. The molecule has 2 N–H and O–H groups in total. The zero-order valence-corrected chi connectivity index (χ0v) is 25.9. The molecule has 0 spiro atoms. The lowest BCUT2D eigenvalue weighted by atomic mass is 9.96. The van der Waals surface area contributed by atoms with Gasteiger partial charge in [0.15, 0.2) is 0 Å². The summed E-state index contributed by atoms with van der Waals surface area (Å²) in [6.07, 6.45) is -1.11. The Hall–Kier alpha value is -4.41. The molecule has 1 saturated heterocycles. The monoisotopic (exact) mass is 636 g/mol. The largest absolute Gasteiger partial charge is 0.352 e. The van der Waals surface area contributed by atoms with Crippen LogP contribution in [0, 0.1) is 11.7 Å². The Balaban J connectivity index is 1.42. The molecular formula is C35H39F3N4O4. The van der Waals surface area contributed by atoms with Gasteiger partial charge in [-0.15, -0.1) is 0 Å². The van der Waals surface area contributed by atoms with Crippen molar-refractivity contribution in [3.8, 4) is 0 Å². The molecule has 4 amide bonds. The number of hydrogen-bond acceptors (Lipinski definition) is 4. The van der Waals surface area contributed by atoms with Crippen LogP contribution in [0.4, 0.5) is 13.2 Å². The number of halogens is 3. The number of amides is 4. The smallest absolute Gasteiger partial charge is 0.315 e. The van der Waals surface area contributed by atoms with Crippen LogP contribution in [-0.4, -0.2) is 77.1 Å². The van der Waals surface area contributed by atoms with Crippen LogP contribution in [0.2, 0.25) is 0 Å². The first-order valence-corrected chi connectivity index (χ1v) is 15.7. The number of benzene rings is 3. The van der Waals surface area contributed by atoms with Crippen LogP contribution in [0.3, 0.4) is 0 Å². The summed E-state index contributed by atoms with van der Waals surface area (Å²) in [7, 11) is 0. The van der Waals surface area contributed by atoms with Crippen molar-refractivity contribution in [2.75, 3.05) is 13.1 Å². The number of carbonyl (C=O) groups is 4. The highest BCUT2D eigenvalue weighted by molar-refractivity contribution is 5.96. The molecule has 5 rings (SSSR count). The zero-order valence-electron chi connectivity index (χ0n) is 25.9. The Morgan fingerprint density at radius 1 is 0.848 bits per heavy atom. The van der Waals surface area contributed by atoms with Gasteiger partial charge in [0, 0.05) is 32.0 Å². The summed E-state index contributed by atoms with van der Waals surface area (Å²) >= 11 is 0. The van der Waals surface area contributed by atoms with E-state index in [1.54, 1.807) is 0 Å². The van der Waals surface area contributed by atoms with E-state index in [-0.39, 0.29) is 43.8 Å². The van der Waals surface area contributed by atoms with Gasteiger partial charge in [0.1, 0.15) is 23.9 Å². The predicted octanol–water partition coefficient (Wildman–Crippen LogP) is 4.25. The molecule has 244 valence electrons. The third-order valence-corrected chi connectivity index (χ3v) is 8.58. The second kappa shape index (κ2) is 14.3. The van der Waals surface area contributed by atoms with E-state index in [0.717, 1.165) is 29.2 Å². The van der Waals surface area contributed by atoms with Crippen LogP contribution in [0.15, 0.2) is 66.7 Å². The van der Waals surface area contributed by atoms with Crippen LogP contribution < -0.4 is 10.6 Å². The number of nitrogens with zero attached hydrogens (tertiary/aromatic N) is 2. The van der Waals surface area contributed by atoms with E-state index in [0.29, 0.717) is 12.0 Å². The van der Waals surface area contributed by atoms with Gasteiger partial charge in [-0.2, -0.15) is 8.78 Å². The van der Waals surface area contributed by atoms with Gasteiger partial charge in [-0.25, -0.2) is 4.39 Å². The van der Waals surface area contributed by atoms with Crippen molar-refractivity contribution < 1.29 is 32.3 Å². The third-order valence-electron chi connectivity index (χ3n) is 8.58. The molecule has 1 saturated carbocycles. The number of fused-ring (bicyclic) bond motifs is 1. The Kier molecular flexibility index (Phi) is 10.3. The first-order chi connectivity index (χ1) is 22.0. The van der Waals surface area contributed by atoms with Crippen LogP contribution >= 0.6 is 0 Å². The van der Waals surface area contributed by atoms with Crippen LogP contribution in [0.5, 0.6) is 0 Å². The van der Waals surface area contributed by atoms with Crippen molar-refractivity contribution in [3.05, 3.63) is 83.7 Å². The molecule has 2 aliphatic rings. The van der Waals surface area contributed by atoms with E-state index in [1.165, 1.54) is 34.1 Å². The maximum absolute atomic E-state index is 14.3. The first kappa shape index (κ1) is 33.0. The molecular weight excluding hydrogens is 597 g/mol. The van der Waals surface area contributed by atoms with Gasteiger partial charge >= 0.3 is 6.43 Å². The van der Waals surface area contributed by atoms with Gasteiger partial charge in [-0.3, -0.25) is 19.2 Å². The Morgan fingerprint density at radius 3 is 2.17 bits per heavy atom. The van der Waals surface area contributed by atoms with E-state index >= 15 is 0 Å². The predicted molar refractivity (Wildman–Crippen MR) is 167 cm³/mol. The Labute approximate surface area is 266 Å². The van der Waals surface area contributed by atoms with Crippen LogP contribution in [0.1, 0.15) is 44.2 Å². The second-order valence-corrected chi connectivity index (χ2v) is 12.5. The van der Waals surface area contributed by atoms with Crippen molar-refractivity contribution in [2.45, 2.75) is 76.5 Å². The minimum Gasteiger partial charge on any atom is -0.352 e. The molecule has 2 unspecified atom stereocenters. The fourth-order valence-corrected chi connectivity index (χ4v) is 6.08. The summed E-state index contributed by atoms with van der Waals surface area (Å²) in [5.74, 6) is -3.27. The zero-order chi connectivity index (χ0) is 33.0. The minimum absolute atomic E-state index is 0.0432. The lowest BCUT2D eigenvalue weighted by molar-refractivity contribution is -0.157. The summed E-state index contributed by atoms with van der Waals surface area (Å²) in [6.45, 7) is 3.78. The van der Waals surface area contributed by atoms with Gasteiger partial charge in [-0.1, -0.05) is 67.4 Å². The molecule has 0 bridgehead atoms. The molecule has 46 heavy (non-hydrogen) atoms. The quantitative estimate of drug-likeness (QED) is 0.311. The molecule has 1 aliphatic heterocycles. The van der Waals surface area contributed by atoms with Crippen molar-refractivity contribution >= 4 is 34.4 Å². The van der Waals surface area contributed by atoms with Gasteiger partial charge < -0.3 is 20.4 Å². The molecule has 3 aromatic rings. The highest BCUT2D eigenvalue weighted by Gasteiger charge is 2.45. The maximum Gasteiger partial charge on any atom is 0.315 e. The minimum atomic E-state index is -3.35. The first-order valence-electron chi connectivity index (χ1n) is 15.7. The molecule has 0 aromatic heterocycles.